The third-order valence-electron chi connectivity index (χ3n) is 2.32. The molecule has 2 heterocycles. The summed E-state index contributed by atoms with van der Waals surface area (Å²) in [5.74, 6) is 0.209. The Labute approximate surface area is 91.4 Å². The quantitative estimate of drug-likeness (QED) is 0.627. The minimum atomic E-state index is -0.200. The minimum absolute atomic E-state index is 0.200. The third-order valence-corrected chi connectivity index (χ3v) is 2.32. The second-order valence-electron chi connectivity index (χ2n) is 3.34. The van der Waals surface area contributed by atoms with Crippen molar-refractivity contribution < 1.29 is 14.3 Å². The highest BCUT2D eigenvalue weighted by atomic mass is 16.5. The topological polar surface area (TPSA) is 72.1 Å². The SMILES string of the molecule is COc1ccc2[nH]c(C=O)c(C(C)=O)c2n1. The first-order chi connectivity index (χ1) is 7.67. The molecule has 2 aromatic rings. The van der Waals surface area contributed by atoms with Crippen molar-refractivity contribution in [2.75, 3.05) is 7.11 Å². The largest absolute Gasteiger partial charge is 0.481 e. The lowest BCUT2D eigenvalue weighted by atomic mass is 10.1. The molecule has 0 amide bonds. The van der Waals surface area contributed by atoms with Crippen LogP contribution < -0.4 is 4.74 Å². The van der Waals surface area contributed by atoms with Crippen LogP contribution >= 0.6 is 0 Å². The van der Waals surface area contributed by atoms with E-state index in [9.17, 15) is 9.59 Å². The number of carbonyl (C=O) groups excluding carboxylic acids is 2. The van der Waals surface area contributed by atoms with Gasteiger partial charge in [-0.3, -0.25) is 9.59 Å². The van der Waals surface area contributed by atoms with Crippen molar-refractivity contribution in [3.8, 4) is 5.88 Å². The van der Waals surface area contributed by atoms with Gasteiger partial charge in [0.15, 0.2) is 12.1 Å². The summed E-state index contributed by atoms with van der Waals surface area (Å²) in [6.07, 6.45) is 0.616. The Morgan fingerprint density at radius 1 is 1.50 bits per heavy atom. The molecule has 0 bridgehead atoms. The first kappa shape index (κ1) is 10.4. The van der Waals surface area contributed by atoms with Crippen LogP contribution in [0.1, 0.15) is 27.8 Å². The maximum absolute atomic E-state index is 11.4. The number of Topliss-reactive ketones (excluding diaryl/α,β-unsaturated/α-hetero) is 1. The van der Waals surface area contributed by atoms with Crippen molar-refractivity contribution in [2.24, 2.45) is 0 Å². The fourth-order valence-electron chi connectivity index (χ4n) is 1.63. The van der Waals surface area contributed by atoms with E-state index >= 15 is 0 Å². The van der Waals surface area contributed by atoms with Crippen LogP contribution in [0.25, 0.3) is 11.0 Å². The van der Waals surface area contributed by atoms with E-state index < -0.39 is 0 Å². The number of nitrogens with one attached hydrogen (secondary N) is 1. The maximum atomic E-state index is 11.4. The number of ether oxygens (including phenoxy) is 1. The second-order valence-corrected chi connectivity index (χ2v) is 3.34. The number of nitrogens with zero attached hydrogens (tertiary/aromatic N) is 1. The second kappa shape index (κ2) is 3.77. The molecule has 0 atom stereocenters. The molecule has 0 aromatic carbocycles. The third kappa shape index (κ3) is 1.46. The number of pyridine rings is 1. The fraction of sp³-hybridized carbons (Fsp3) is 0.182. The summed E-state index contributed by atoms with van der Waals surface area (Å²) < 4.78 is 4.98. The summed E-state index contributed by atoms with van der Waals surface area (Å²) in [6, 6.07) is 3.39. The van der Waals surface area contributed by atoms with Crippen LogP contribution in [0.15, 0.2) is 12.1 Å². The Hall–Kier alpha value is -2.17. The molecular weight excluding hydrogens is 208 g/mol. The summed E-state index contributed by atoms with van der Waals surface area (Å²) in [4.78, 5) is 29.2. The van der Waals surface area contributed by atoms with Gasteiger partial charge in [-0.15, -0.1) is 0 Å². The summed E-state index contributed by atoms with van der Waals surface area (Å²) >= 11 is 0. The van der Waals surface area contributed by atoms with Gasteiger partial charge in [-0.2, -0.15) is 0 Å². The number of aromatic nitrogens is 2. The van der Waals surface area contributed by atoms with Crippen molar-refractivity contribution in [2.45, 2.75) is 6.92 Å². The van der Waals surface area contributed by atoms with Gasteiger partial charge in [0.2, 0.25) is 5.88 Å². The standard InChI is InChI=1S/C11H10N2O3/c1-6(15)10-8(5-14)12-7-3-4-9(16-2)13-11(7)10/h3-5,12H,1-2H3. The van der Waals surface area contributed by atoms with Crippen molar-refractivity contribution >= 4 is 23.1 Å². The van der Waals surface area contributed by atoms with Crippen molar-refractivity contribution in [1.82, 2.24) is 9.97 Å². The van der Waals surface area contributed by atoms with E-state index in [4.69, 9.17) is 4.74 Å². The Balaban J connectivity index is 2.80. The van der Waals surface area contributed by atoms with Crippen LogP contribution in [0.3, 0.4) is 0 Å². The molecule has 2 aromatic heterocycles. The van der Waals surface area contributed by atoms with Gasteiger partial charge < -0.3 is 9.72 Å². The van der Waals surface area contributed by atoms with Crippen LogP contribution in [0.5, 0.6) is 5.88 Å². The summed E-state index contributed by atoms with van der Waals surface area (Å²) in [7, 11) is 1.49. The Kier molecular flexibility index (Phi) is 2.44. The van der Waals surface area contributed by atoms with Crippen LogP contribution in [0, 0.1) is 0 Å². The van der Waals surface area contributed by atoms with E-state index in [1.165, 1.54) is 14.0 Å². The van der Waals surface area contributed by atoms with Crippen molar-refractivity contribution in [3.63, 3.8) is 0 Å². The van der Waals surface area contributed by atoms with Gasteiger partial charge >= 0.3 is 0 Å². The Bertz CT molecular complexity index is 572. The summed E-state index contributed by atoms with van der Waals surface area (Å²) in [5, 5.41) is 0. The number of ketones is 1. The molecule has 5 heteroatoms. The van der Waals surface area contributed by atoms with Crippen molar-refractivity contribution in [1.29, 1.82) is 0 Å². The molecular formula is C11H10N2O3. The predicted molar refractivity (Wildman–Crippen MR) is 58.0 cm³/mol. The van der Waals surface area contributed by atoms with Gasteiger partial charge in [0.1, 0.15) is 5.52 Å². The molecule has 0 unspecified atom stereocenters. The molecule has 0 spiro atoms. The smallest absolute Gasteiger partial charge is 0.213 e. The van der Waals surface area contributed by atoms with E-state index in [1.54, 1.807) is 12.1 Å². The molecule has 0 radical (unpaired) electrons. The number of H-pyrrole nitrogens is 1. The highest BCUT2D eigenvalue weighted by Crippen LogP contribution is 2.22. The molecule has 0 fully saturated rings. The Morgan fingerprint density at radius 3 is 2.81 bits per heavy atom. The minimum Gasteiger partial charge on any atom is -0.481 e. The number of rotatable bonds is 3. The number of fused-ring (bicyclic) bond motifs is 1. The first-order valence-corrected chi connectivity index (χ1v) is 4.70. The monoisotopic (exact) mass is 218 g/mol. The zero-order valence-corrected chi connectivity index (χ0v) is 8.90. The van der Waals surface area contributed by atoms with Crippen LogP contribution in [-0.2, 0) is 0 Å². The number of methoxy groups -OCH3 is 1. The molecule has 2 rings (SSSR count). The molecule has 0 aliphatic carbocycles. The lowest BCUT2D eigenvalue weighted by Crippen LogP contribution is -1.97. The summed E-state index contributed by atoms with van der Waals surface area (Å²) in [5.41, 5.74) is 1.68. The summed E-state index contributed by atoms with van der Waals surface area (Å²) in [6.45, 7) is 1.40. The molecule has 82 valence electrons. The van der Waals surface area contributed by atoms with E-state index in [0.717, 1.165) is 0 Å². The average molecular weight is 218 g/mol. The van der Waals surface area contributed by atoms with Crippen LogP contribution in [-0.4, -0.2) is 29.1 Å². The lowest BCUT2D eigenvalue weighted by Gasteiger charge is -1.98. The Morgan fingerprint density at radius 2 is 2.25 bits per heavy atom. The fourth-order valence-corrected chi connectivity index (χ4v) is 1.63. The molecule has 0 saturated carbocycles. The molecule has 0 aliphatic heterocycles. The number of hydrogen-bond acceptors (Lipinski definition) is 4. The number of hydrogen-bond donors (Lipinski definition) is 1. The van der Waals surface area contributed by atoms with Gasteiger partial charge in [0.25, 0.3) is 0 Å². The molecule has 5 nitrogen and oxygen atoms in total. The van der Waals surface area contributed by atoms with Crippen molar-refractivity contribution in [3.05, 3.63) is 23.4 Å². The number of aldehydes is 1. The van der Waals surface area contributed by atoms with E-state index in [1.807, 2.05) is 0 Å². The van der Waals surface area contributed by atoms with Gasteiger partial charge in [0.05, 0.1) is 23.9 Å². The zero-order valence-electron chi connectivity index (χ0n) is 8.90. The molecule has 1 N–H and O–H groups in total. The molecule has 0 aliphatic rings. The molecule has 0 saturated heterocycles. The number of carbonyl (C=O) groups is 2. The zero-order chi connectivity index (χ0) is 11.7. The highest BCUT2D eigenvalue weighted by molar-refractivity contribution is 6.11. The lowest BCUT2D eigenvalue weighted by molar-refractivity contribution is 0.101. The normalized spacial score (nSPS) is 10.4. The average Bonchev–Trinajstić information content (AvgIpc) is 2.65. The first-order valence-electron chi connectivity index (χ1n) is 4.70. The number of aromatic amines is 1. The van der Waals surface area contributed by atoms with E-state index in [0.29, 0.717) is 28.8 Å². The van der Waals surface area contributed by atoms with Crippen LogP contribution in [0.2, 0.25) is 0 Å². The van der Waals surface area contributed by atoms with Gasteiger partial charge in [0, 0.05) is 6.07 Å². The van der Waals surface area contributed by atoms with Gasteiger partial charge in [-0.1, -0.05) is 0 Å². The van der Waals surface area contributed by atoms with E-state index in [2.05, 4.69) is 9.97 Å². The highest BCUT2D eigenvalue weighted by Gasteiger charge is 2.16. The van der Waals surface area contributed by atoms with E-state index in [-0.39, 0.29) is 11.5 Å². The van der Waals surface area contributed by atoms with Crippen LogP contribution in [0.4, 0.5) is 0 Å². The predicted octanol–water partition coefficient (Wildman–Crippen LogP) is 1.59. The molecule has 16 heavy (non-hydrogen) atoms. The van der Waals surface area contributed by atoms with Gasteiger partial charge in [-0.25, -0.2) is 4.98 Å². The van der Waals surface area contributed by atoms with Gasteiger partial charge in [-0.05, 0) is 13.0 Å². The maximum Gasteiger partial charge on any atom is 0.213 e.